The van der Waals surface area contributed by atoms with Crippen LogP contribution in [0.25, 0.3) is 0 Å². The highest BCUT2D eigenvalue weighted by atomic mass is 127. The van der Waals surface area contributed by atoms with E-state index in [0.717, 1.165) is 0 Å². The van der Waals surface area contributed by atoms with Gasteiger partial charge < -0.3 is 9.47 Å². The highest BCUT2D eigenvalue weighted by Gasteiger charge is 2.31. The molecule has 5 heteroatoms. The molecule has 86 valence electrons. The van der Waals surface area contributed by atoms with Crippen LogP contribution in [0, 0.1) is 5.92 Å². The van der Waals surface area contributed by atoms with Crippen molar-refractivity contribution in [3.8, 4) is 0 Å². The zero-order valence-corrected chi connectivity index (χ0v) is 11.2. The van der Waals surface area contributed by atoms with E-state index in [1.807, 2.05) is 22.6 Å². The number of hydrogen-bond donors (Lipinski definition) is 0. The number of carbonyl (C=O) groups excluding carboxylic acids is 2. The Labute approximate surface area is 103 Å². The molecule has 0 aromatic heterocycles. The van der Waals surface area contributed by atoms with Gasteiger partial charge in [-0.25, -0.2) is 0 Å². The number of esters is 2. The van der Waals surface area contributed by atoms with E-state index >= 15 is 0 Å². The second-order valence-electron chi connectivity index (χ2n) is 2.61. The van der Waals surface area contributed by atoms with Crippen molar-refractivity contribution in [3.05, 3.63) is 9.66 Å². The molecule has 0 saturated carbocycles. The van der Waals surface area contributed by atoms with Gasteiger partial charge in [0.2, 0.25) is 0 Å². The number of allylic oxidation sites excluding steroid dienone is 1. The lowest BCUT2D eigenvalue weighted by Gasteiger charge is -2.13. The van der Waals surface area contributed by atoms with Crippen LogP contribution in [0.1, 0.15) is 20.8 Å². The molecule has 0 aliphatic carbocycles. The predicted molar refractivity (Wildman–Crippen MR) is 64.5 cm³/mol. The fraction of sp³-hybridized carbons (Fsp3) is 0.600. The Morgan fingerprint density at radius 2 is 1.60 bits per heavy atom. The second kappa shape index (κ2) is 7.67. The largest absolute Gasteiger partial charge is 0.465 e. The summed E-state index contributed by atoms with van der Waals surface area (Å²) in [5.41, 5.74) is 0. The van der Waals surface area contributed by atoms with Gasteiger partial charge in [-0.15, -0.1) is 0 Å². The van der Waals surface area contributed by atoms with E-state index < -0.39 is 17.9 Å². The lowest BCUT2D eigenvalue weighted by molar-refractivity contribution is -0.159. The molecule has 0 spiro atoms. The minimum atomic E-state index is -0.935. The molecule has 0 aliphatic heterocycles. The summed E-state index contributed by atoms with van der Waals surface area (Å²) in [7, 11) is 0. The predicted octanol–water partition coefficient (Wildman–Crippen LogP) is 2.07. The first kappa shape index (κ1) is 14.4. The summed E-state index contributed by atoms with van der Waals surface area (Å²) in [5, 5.41) is 0. The number of halogens is 1. The minimum absolute atomic E-state index is 0.252. The van der Waals surface area contributed by atoms with Crippen molar-refractivity contribution in [2.75, 3.05) is 13.2 Å². The van der Waals surface area contributed by atoms with E-state index in [2.05, 4.69) is 0 Å². The zero-order chi connectivity index (χ0) is 11.8. The Morgan fingerprint density at radius 3 is 1.87 bits per heavy atom. The summed E-state index contributed by atoms with van der Waals surface area (Å²) in [4.78, 5) is 23.0. The first-order valence-electron chi connectivity index (χ1n) is 4.73. The van der Waals surface area contributed by atoms with E-state index in [-0.39, 0.29) is 13.2 Å². The molecule has 0 amide bonds. The molecule has 0 saturated heterocycles. The smallest absolute Gasteiger partial charge is 0.325 e. The maximum atomic E-state index is 11.5. The Morgan fingerprint density at radius 1 is 1.20 bits per heavy atom. The van der Waals surface area contributed by atoms with E-state index in [4.69, 9.17) is 9.47 Å². The molecule has 0 aromatic carbocycles. The number of ether oxygens (including phenoxy) is 2. The minimum Gasteiger partial charge on any atom is -0.465 e. The van der Waals surface area contributed by atoms with Gasteiger partial charge in [0.1, 0.15) is 0 Å². The van der Waals surface area contributed by atoms with Gasteiger partial charge in [0.05, 0.1) is 13.2 Å². The third kappa shape index (κ3) is 4.63. The molecule has 0 atom stereocenters. The number of rotatable bonds is 5. The molecule has 0 radical (unpaired) electrons. The fourth-order valence-electron chi connectivity index (χ4n) is 0.939. The van der Waals surface area contributed by atoms with E-state index in [9.17, 15) is 9.59 Å². The van der Waals surface area contributed by atoms with Crippen LogP contribution in [0.3, 0.4) is 0 Å². The van der Waals surface area contributed by atoms with Gasteiger partial charge in [-0.2, -0.15) is 0 Å². The molecule has 0 fully saturated rings. The Hall–Kier alpha value is -0.590. The summed E-state index contributed by atoms with van der Waals surface area (Å²) in [6.07, 6.45) is 1.69. The van der Waals surface area contributed by atoms with Crippen molar-refractivity contribution in [2.24, 2.45) is 5.92 Å². The van der Waals surface area contributed by atoms with Gasteiger partial charge >= 0.3 is 11.9 Å². The van der Waals surface area contributed by atoms with E-state index in [1.165, 1.54) is 0 Å². The molecule has 0 bridgehead atoms. The van der Waals surface area contributed by atoms with Crippen molar-refractivity contribution in [3.63, 3.8) is 0 Å². The van der Waals surface area contributed by atoms with Crippen LogP contribution in [-0.2, 0) is 19.1 Å². The molecular weight excluding hydrogens is 311 g/mol. The molecule has 0 N–H and O–H groups in total. The van der Waals surface area contributed by atoms with Gasteiger partial charge in [-0.05, 0) is 43.4 Å². The summed E-state index contributed by atoms with van der Waals surface area (Å²) < 4.78 is 10.2. The lowest BCUT2D eigenvalue weighted by atomic mass is 10.1. The Kier molecular flexibility index (Phi) is 7.37. The summed E-state index contributed by atoms with van der Waals surface area (Å²) in [6.45, 7) is 5.66. The number of hydrogen-bond acceptors (Lipinski definition) is 4. The van der Waals surface area contributed by atoms with Crippen LogP contribution in [0.15, 0.2) is 9.66 Å². The van der Waals surface area contributed by atoms with Crippen molar-refractivity contribution < 1.29 is 19.1 Å². The maximum absolute atomic E-state index is 11.5. The highest BCUT2D eigenvalue weighted by molar-refractivity contribution is 14.1. The second-order valence-corrected chi connectivity index (χ2v) is 3.86. The Balaban J connectivity index is 4.73. The van der Waals surface area contributed by atoms with Crippen LogP contribution < -0.4 is 0 Å². The third-order valence-electron chi connectivity index (χ3n) is 1.60. The van der Waals surface area contributed by atoms with Crippen LogP contribution >= 0.6 is 22.6 Å². The van der Waals surface area contributed by atoms with Gasteiger partial charge in [-0.3, -0.25) is 9.59 Å². The monoisotopic (exact) mass is 326 g/mol. The quantitative estimate of drug-likeness (QED) is 0.441. The molecule has 0 rings (SSSR count). The SMILES string of the molecule is CC=C(I)C(C(=O)OCC)C(=O)OCC. The summed E-state index contributed by atoms with van der Waals surface area (Å²) in [6, 6.07) is 0. The molecule has 15 heavy (non-hydrogen) atoms. The average Bonchev–Trinajstić information content (AvgIpc) is 2.18. The van der Waals surface area contributed by atoms with Gasteiger partial charge in [0.25, 0.3) is 0 Å². The van der Waals surface area contributed by atoms with Gasteiger partial charge in [0, 0.05) is 3.58 Å². The van der Waals surface area contributed by atoms with Gasteiger partial charge in [0.15, 0.2) is 5.92 Å². The average molecular weight is 326 g/mol. The van der Waals surface area contributed by atoms with Crippen LogP contribution in [0.5, 0.6) is 0 Å². The van der Waals surface area contributed by atoms with E-state index in [0.29, 0.717) is 3.58 Å². The molecule has 0 heterocycles. The molecule has 0 unspecified atom stereocenters. The molecule has 4 nitrogen and oxygen atoms in total. The number of carbonyl (C=O) groups is 2. The summed E-state index contributed by atoms with van der Waals surface area (Å²) >= 11 is 1.94. The fourth-order valence-corrected chi connectivity index (χ4v) is 1.45. The van der Waals surface area contributed by atoms with Crippen LogP contribution in [0.4, 0.5) is 0 Å². The topological polar surface area (TPSA) is 52.6 Å². The van der Waals surface area contributed by atoms with Crippen molar-refractivity contribution in [1.82, 2.24) is 0 Å². The van der Waals surface area contributed by atoms with Crippen molar-refractivity contribution in [1.29, 1.82) is 0 Å². The zero-order valence-electron chi connectivity index (χ0n) is 9.08. The highest BCUT2D eigenvalue weighted by Crippen LogP contribution is 2.21. The molecular formula is C10H15IO4. The summed E-state index contributed by atoms with van der Waals surface area (Å²) in [5.74, 6) is -2.05. The Bertz CT molecular complexity index is 242. The first-order valence-corrected chi connectivity index (χ1v) is 5.81. The van der Waals surface area contributed by atoms with E-state index in [1.54, 1.807) is 26.8 Å². The first-order chi connectivity index (χ1) is 7.08. The normalized spacial score (nSPS) is 11.4. The van der Waals surface area contributed by atoms with Crippen molar-refractivity contribution in [2.45, 2.75) is 20.8 Å². The van der Waals surface area contributed by atoms with Crippen LogP contribution in [-0.4, -0.2) is 25.2 Å². The lowest BCUT2D eigenvalue weighted by Crippen LogP contribution is -2.28. The standard InChI is InChI=1S/C10H15IO4/c1-4-7(11)8(9(12)14-5-2)10(13)15-6-3/h4,8H,5-6H2,1-3H3. The molecule has 0 aliphatic rings. The van der Waals surface area contributed by atoms with Crippen LogP contribution in [0.2, 0.25) is 0 Å². The van der Waals surface area contributed by atoms with Crippen molar-refractivity contribution >= 4 is 34.5 Å². The van der Waals surface area contributed by atoms with Gasteiger partial charge in [-0.1, -0.05) is 6.08 Å². The maximum Gasteiger partial charge on any atom is 0.325 e. The third-order valence-corrected chi connectivity index (χ3v) is 2.84. The molecule has 0 aromatic rings.